The largest absolute Gasteiger partial charge is 0.496 e. The Morgan fingerprint density at radius 3 is 2.35 bits per heavy atom. The number of nitrogen functional groups attached to an aromatic ring is 1. The quantitative estimate of drug-likeness (QED) is 0.684. The SMILES string of the molecule is COc1cc(C(C)=O)ccc1C(=O)c1ccccc1N. The van der Waals surface area contributed by atoms with Crippen LogP contribution in [0, 0.1) is 0 Å². The van der Waals surface area contributed by atoms with E-state index in [-0.39, 0.29) is 11.6 Å². The fraction of sp³-hybridized carbons (Fsp3) is 0.125. The fourth-order valence-electron chi connectivity index (χ4n) is 1.95. The lowest BCUT2D eigenvalue weighted by Crippen LogP contribution is -2.08. The number of Topliss-reactive ketones (excluding diaryl/α,β-unsaturated/α-hetero) is 1. The highest BCUT2D eigenvalue weighted by molar-refractivity contribution is 6.14. The van der Waals surface area contributed by atoms with Crippen LogP contribution in [0.5, 0.6) is 5.75 Å². The van der Waals surface area contributed by atoms with Crippen molar-refractivity contribution in [3.8, 4) is 5.75 Å². The molecule has 0 aliphatic rings. The fourth-order valence-corrected chi connectivity index (χ4v) is 1.95. The summed E-state index contributed by atoms with van der Waals surface area (Å²) in [5, 5.41) is 0. The predicted octanol–water partition coefficient (Wildman–Crippen LogP) is 2.71. The first kappa shape index (κ1) is 13.8. The van der Waals surface area contributed by atoms with Crippen LogP contribution >= 0.6 is 0 Å². The van der Waals surface area contributed by atoms with E-state index in [1.807, 2.05) is 0 Å². The Labute approximate surface area is 117 Å². The number of carbonyl (C=O) groups is 2. The smallest absolute Gasteiger partial charge is 0.198 e. The molecule has 0 unspecified atom stereocenters. The first-order valence-electron chi connectivity index (χ1n) is 6.12. The van der Waals surface area contributed by atoms with Gasteiger partial charge in [-0.3, -0.25) is 9.59 Å². The van der Waals surface area contributed by atoms with Crippen molar-refractivity contribution < 1.29 is 14.3 Å². The van der Waals surface area contributed by atoms with Gasteiger partial charge in [0.15, 0.2) is 11.6 Å². The summed E-state index contributed by atoms with van der Waals surface area (Å²) in [6.07, 6.45) is 0. The van der Waals surface area contributed by atoms with Crippen LogP contribution in [0.3, 0.4) is 0 Å². The van der Waals surface area contributed by atoms with E-state index < -0.39 is 0 Å². The maximum atomic E-state index is 12.5. The lowest BCUT2D eigenvalue weighted by Gasteiger charge is -2.10. The Hall–Kier alpha value is -2.62. The molecule has 20 heavy (non-hydrogen) atoms. The topological polar surface area (TPSA) is 69.4 Å². The van der Waals surface area contributed by atoms with Crippen molar-refractivity contribution in [1.29, 1.82) is 0 Å². The van der Waals surface area contributed by atoms with E-state index in [4.69, 9.17) is 10.5 Å². The van der Waals surface area contributed by atoms with Crippen LogP contribution < -0.4 is 10.5 Å². The minimum atomic E-state index is -0.227. The molecular formula is C16H15NO3. The van der Waals surface area contributed by atoms with Crippen molar-refractivity contribution in [2.45, 2.75) is 6.92 Å². The molecule has 0 aliphatic heterocycles. The van der Waals surface area contributed by atoms with E-state index in [9.17, 15) is 9.59 Å². The molecule has 0 atom stereocenters. The van der Waals surface area contributed by atoms with Crippen LogP contribution in [0.15, 0.2) is 42.5 Å². The van der Waals surface area contributed by atoms with Crippen LogP contribution in [-0.4, -0.2) is 18.7 Å². The van der Waals surface area contributed by atoms with Gasteiger partial charge in [-0.25, -0.2) is 0 Å². The van der Waals surface area contributed by atoms with Crippen LogP contribution in [0.25, 0.3) is 0 Å². The van der Waals surface area contributed by atoms with Gasteiger partial charge < -0.3 is 10.5 Å². The molecule has 0 aliphatic carbocycles. The Balaban J connectivity index is 2.50. The van der Waals surface area contributed by atoms with Gasteiger partial charge in [-0.15, -0.1) is 0 Å². The lowest BCUT2D eigenvalue weighted by atomic mass is 9.99. The molecule has 0 fully saturated rings. The number of ether oxygens (including phenoxy) is 1. The zero-order valence-corrected chi connectivity index (χ0v) is 11.3. The summed E-state index contributed by atoms with van der Waals surface area (Å²) in [5.74, 6) is 0.0579. The first-order chi connectivity index (χ1) is 9.54. The first-order valence-corrected chi connectivity index (χ1v) is 6.12. The zero-order valence-electron chi connectivity index (χ0n) is 11.3. The summed E-state index contributed by atoms with van der Waals surface area (Å²) in [4.78, 5) is 23.8. The van der Waals surface area contributed by atoms with Gasteiger partial charge in [0.1, 0.15) is 5.75 Å². The van der Waals surface area contributed by atoms with Crippen molar-refractivity contribution in [3.05, 3.63) is 59.2 Å². The molecule has 4 nitrogen and oxygen atoms in total. The third-order valence-corrected chi connectivity index (χ3v) is 3.06. The highest BCUT2D eigenvalue weighted by atomic mass is 16.5. The molecule has 0 saturated heterocycles. The van der Waals surface area contributed by atoms with Gasteiger partial charge in [0, 0.05) is 16.8 Å². The lowest BCUT2D eigenvalue weighted by molar-refractivity contribution is 0.101. The summed E-state index contributed by atoms with van der Waals surface area (Å²) >= 11 is 0. The summed E-state index contributed by atoms with van der Waals surface area (Å²) in [7, 11) is 1.46. The molecule has 0 radical (unpaired) electrons. The van der Waals surface area contributed by atoms with Gasteiger partial charge in [-0.05, 0) is 31.2 Å². The highest BCUT2D eigenvalue weighted by Crippen LogP contribution is 2.25. The Morgan fingerprint density at radius 2 is 1.75 bits per heavy atom. The molecule has 2 rings (SSSR count). The molecule has 102 valence electrons. The van der Waals surface area contributed by atoms with Gasteiger partial charge in [0.25, 0.3) is 0 Å². The Bertz CT molecular complexity index is 677. The van der Waals surface area contributed by atoms with Crippen LogP contribution in [-0.2, 0) is 0 Å². The number of ketones is 2. The molecule has 0 aromatic heterocycles. The molecule has 0 saturated carbocycles. The number of hydrogen-bond donors (Lipinski definition) is 1. The number of nitrogens with two attached hydrogens (primary N) is 1. The molecule has 2 aromatic carbocycles. The third-order valence-electron chi connectivity index (χ3n) is 3.06. The van der Waals surface area contributed by atoms with Gasteiger partial charge in [-0.1, -0.05) is 18.2 Å². The standard InChI is InChI=1S/C16H15NO3/c1-10(18)11-7-8-13(15(9-11)20-2)16(19)12-5-3-4-6-14(12)17/h3-9H,17H2,1-2H3. The zero-order chi connectivity index (χ0) is 14.7. The number of rotatable bonds is 4. The molecule has 2 aromatic rings. The van der Waals surface area contributed by atoms with Gasteiger partial charge in [-0.2, -0.15) is 0 Å². The third kappa shape index (κ3) is 2.54. The molecule has 4 heteroatoms. The minimum absolute atomic E-state index is 0.0819. The van der Waals surface area contributed by atoms with Crippen LogP contribution in [0.4, 0.5) is 5.69 Å². The van der Waals surface area contributed by atoms with E-state index >= 15 is 0 Å². The Morgan fingerprint density at radius 1 is 1.05 bits per heavy atom. The molecule has 2 N–H and O–H groups in total. The Kier molecular flexibility index (Phi) is 3.84. The van der Waals surface area contributed by atoms with Crippen LogP contribution in [0.1, 0.15) is 33.2 Å². The number of methoxy groups -OCH3 is 1. The molecule has 0 spiro atoms. The van der Waals surface area contributed by atoms with Crippen molar-refractivity contribution in [2.24, 2.45) is 0 Å². The van der Waals surface area contributed by atoms with E-state index in [1.165, 1.54) is 14.0 Å². The van der Waals surface area contributed by atoms with Crippen molar-refractivity contribution in [2.75, 3.05) is 12.8 Å². The maximum absolute atomic E-state index is 12.5. The summed E-state index contributed by atoms with van der Waals surface area (Å²) in [5.41, 5.74) is 7.53. The predicted molar refractivity (Wildman–Crippen MR) is 77.3 cm³/mol. The van der Waals surface area contributed by atoms with Crippen molar-refractivity contribution in [1.82, 2.24) is 0 Å². The van der Waals surface area contributed by atoms with E-state index in [0.29, 0.717) is 28.1 Å². The monoisotopic (exact) mass is 269 g/mol. The second-order valence-corrected chi connectivity index (χ2v) is 4.39. The molecule has 0 amide bonds. The normalized spacial score (nSPS) is 10.1. The summed E-state index contributed by atoms with van der Waals surface area (Å²) in [6, 6.07) is 11.6. The van der Waals surface area contributed by atoms with Gasteiger partial charge >= 0.3 is 0 Å². The molecular weight excluding hydrogens is 254 g/mol. The average Bonchev–Trinajstić information content (AvgIpc) is 2.46. The second-order valence-electron chi connectivity index (χ2n) is 4.39. The van der Waals surface area contributed by atoms with Gasteiger partial charge in [0.2, 0.25) is 0 Å². The summed E-state index contributed by atoms with van der Waals surface area (Å²) < 4.78 is 5.20. The average molecular weight is 269 g/mol. The van der Waals surface area contributed by atoms with E-state index in [0.717, 1.165) is 0 Å². The van der Waals surface area contributed by atoms with Crippen LogP contribution in [0.2, 0.25) is 0 Å². The van der Waals surface area contributed by atoms with Gasteiger partial charge in [0.05, 0.1) is 12.7 Å². The number of para-hydroxylation sites is 1. The number of carbonyl (C=O) groups excluding carboxylic acids is 2. The maximum Gasteiger partial charge on any atom is 0.198 e. The van der Waals surface area contributed by atoms with E-state index in [2.05, 4.69) is 0 Å². The number of anilines is 1. The minimum Gasteiger partial charge on any atom is -0.496 e. The number of benzene rings is 2. The molecule has 0 bridgehead atoms. The van der Waals surface area contributed by atoms with Crippen molar-refractivity contribution in [3.63, 3.8) is 0 Å². The highest BCUT2D eigenvalue weighted by Gasteiger charge is 2.17. The molecule has 0 heterocycles. The second kappa shape index (κ2) is 5.57. The number of hydrogen-bond acceptors (Lipinski definition) is 4. The van der Waals surface area contributed by atoms with E-state index in [1.54, 1.807) is 42.5 Å². The summed E-state index contributed by atoms with van der Waals surface area (Å²) in [6.45, 7) is 1.46. The van der Waals surface area contributed by atoms with Crippen molar-refractivity contribution >= 4 is 17.3 Å².